The molecule has 0 saturated heterocycles. The van der Waals surface area contributed by atoms with Crippen molar-refractivity contribution in [2.45, 2.75) is 26.3 Å². The van der Waals surface area contributed by atoms with Gasteiger partial charge in [-0.15, -0.1) is 0 Å². The number of amides is 1. The number of H-pyrrole nitrogens is 1. The molecule has 0 fully saturated rings. The highest BCUT2D eigenvalue weighted by molar-refractivity contribution is 5.86. The molecule has 2 heterocycles. The molecule has 2 aromatic carbocycles. The van der Waals surface area contributed by atoms with E-state index in [0.29, 0.717) is 11.3 Å². The molecule has 1 unspecified atom stereocenters. The third kappa shape index (κ3) is 3.34. The van der Waals surface area contributed by atoms with Crippen LogP contribution in [0.25, 0.3) is 16.7 Å². The lowest BCUT2D eigenvalue weighted by Gasteiger charge is -2.15. The highest BCUT2D eigenvalue weighted by Gasteiger charge is 2.15. The smallest absolute Gasteiger partial charge is 0.330 e. The third-order valence-corrected chi connectivity index (χ3v) is 4.77. The van der Waals surface area contributed by atoms with E-state index in [4.69, 9.17) is 4.52 Å². The SMILES string of the molecule is Cc1c[nH]c(=O)n1-c1ccc(C(C)NC(=O)Cc2noc3ccccc23)cc1. The van der Waals surface area contributed by atoms with Gasteiger partial charge in [-0.05, 0) is 43.7 Å². The van der Waals surface area contributed by atoms with Gasteiger partial charge in [-0.2, -0.15) is 0 Å². The van der Waals surface area contributed by atoms with Crippen LogP contribution in [0.15, 0.2) is 64.0 Å². The van der Waals surface area contributed by atoms with Crippen molar-refractivity contribution in [3.8, 4) is 5.69 Å². The molecule has 0 aliphatic carbocycles. The summed E-state index contributed by atoms with van der Waals surface area (Å²) in [5.74, 6) is -0.131. The predicted molar refractivity (Wildman–Crippen MR) is 105 cm³/mol. The Morgan fingerprint density at radius 3 is 2.68 bits per heavy atom. The molecule has 0 bridgehead atoms. The number of fused-ring (bicyclic) bond motifs is 1. The van der Waals surface area contributed by atoms with Gasteiger partial charge in [-0.3, -0.25) is 9.36 Å². The molecule has 0 radical (unpaired) electrons. The van der Waals surface area contributed by atoms with E-state index in [1.165, 1.54) is 0 Å². The maximum atomic E-state index is 12.4. The van der Waals surface area contributed by atoms with E-state index in [2.05, 4.69) is 15.5 Å². The molecule has 1 atom stereocenters. The number of nitrogens with one attached hydrogen (secondary N) is 2. The molecule has 4 rings (SSSR count). The summed E-state index contributed by atoms with van der Waals surface area (Å²) < 4.78 is 6.85. The lowest BCUT2D eigenvalue weighted by atomic mass is 10.1. The molecular formula is C21H20N4O3. The van der Waals surface area contributed by atoms with Gasteiger partial charge in [0.2, 0.25) is 5.91 Å². The summed E-state index contributed by atoms with van der Waals surface area (Å²) >= 11 is 0. The Balaban J connectivity index is 1.45. The number of imidazole rings is 1. The van der Waals surface area contributed by atoms with Crippen LogP contribution in [0, 0.1) is 6.92 Å². The van der Waals surface area contributed by atoms with Crippen LogP contribution in [-0.2, 0) is 11.2 Å². The summed E-state index contributed by atoms with van der Waals surface area (Å²) in [6, 6.07) is 14.8. The fourth-order valence-corrected chi connectivity index (χ4v) is 3.28. The van der Waals surface area contributed by atoms with Crippen LogP contribution in [0.1, 0.15) is 29.9 Å². The first-order valence-corrected chi connectivity index (χ1v) is 9.03. The van der Waals surface area contributed by atoms with Crippen molar-refractivity contribution in [3.63, 3.8) is 0 Å². The van der Waals surface area contributed by atoms with Crippen molar-refractivity contribution in [2.24, 2.45) is 0 Å². The number of benzene rings is 2. The van der Waals surface area contributed by atoms with Crippen molar-refractivity contribution in [2.75, 3.05) is 0 Å². The average molecular weight is 376 g/mol. The predicted octanol–water partition coefficient (Wildman–Crippen LogP) is 3.04. The van der Waals surface area contributed by atoms with E-state index in [0.717, 1.165) is 22.3 Å². The molecule has 0 aliphatic rings. The topological polar surface area (TPSA) is 92.9 Å². The summed E-state index contributed by atoms with van der Waals surface area (Å²) in [4.78, 5) is 27.0. The number of para-hydroxylation sites is 1. The van der Waals surface area contributed by atoms with Gasteiger partial charge in [0.25, 0.3) is 0 Å². The first kappa shape index (κ1) is 17.8. The maximum Gasteiger partial charge on any atom is 0.330 e. The number of aromatic nitrogens is 3. The zero-order valence-electron chi connectivity index (χ0n) is 15.6. The van der Waals surface area contributed by atoms with Crippen LogP contribution < -0.4 is 11.0 Å². The Hall–Kier alpha value is -3.61. The number of aryl methyl sites for hydroxylation is 1. The molecule has 2 aromatic heterocycles. The van der Waals surface area contributed by atoms with Crippen LogP contribution in [0.5, 0.6) is 0 Å². The van der Waals surface area contributed by atoms with E-state index in [-0.39, 0.29) is 24.1 Å². The second-order valence-corrected chi connectivity index (χ2v) is 6.75. The van der Waals surface area contributed by atoms with E-state index >= 15 is 0 Å². The van der Waals surface area contributed by atoms with Crippen LogP contribution >= 0.6 is 0 Å². The fourth-order valence-electron chi connectivity index (χ4n) is 3.28. The minimum Gasteiger partial charge on any atom is -0.356 e. The largest absolute Gasteiger partial charge is 0.356 e. The number of nitrogens with zero attached hydrogens (tertiary/aromatic N) is 2. The Morgan fingerprint density at radius 2 is 1.96 bits per heavy atom. The number of aromatic amines is 1. The summed E-state index contributed by atoms with van der Waals surface area (Å²) in [5.41, 5.74) is 3.68. The molecule has 28 heavy (non-hydrogen) atoms. The first-order valence-electron chi connectivity index (χ1n) is 9.03. The van der Waals surface area contributed by atoms with Gasteiger partial charge in [0.1, 0.15) is 5.69 Å². The van der Waals surface area contributed by atoms with E-state index in [1.54, 1.807) is 10.8 Å². The van der Waals surface area contributed by atoms with E-state index < -0.39 is 0 Å². The summed E-state index contributed by atoms with van der Waals surface area (Å²) in [6.45, 7) is 3.78. The molecule has 7 nitrogen and oxygen atoms in total. The number of rotatable bonds is 5. The summed E-state index contributed by atoms with van der Waals surface area (Å²) in [7, 11) is 0. The van der Waals surface area contributed by atoms with Gasteiger partial charge in [-0.25, -0.2) is 4.79 Å². The molecule has 4 aromatic rings. The van der Waals surface area contributed by atoms with Gasteiger partial charge in [0.05, 0.1) is 18.2 Å². The van der Waals surface area contributed by atoms with Crippen LogP contribution in [0.4, 0.5) is 0 Å². The fraction of sp³-hybridized carbons (Fsp3) is 0.190. The van der Waals surface area contributed by atoms with Gasteiger partial charge in [0, 0.05) is 17.3 Å². The Labute approximate surface area is 161 Å². The van der Waals surface area contributed by atoms with Crippen molar-refractivity contribution in [1.29, 1.82) is 0 Å². The molecule has 2 N–H and O–H groups in total. The molecule has 1 amide bonds. The quantitative estimate of drug-likeness (QED) is 0.560. The molecule has 0 saturated carbocycles. The van der Waals surface area contributed by atoms with Crippen molar-refractivity contribution in [3.05, 3.63) is 82.2 Å². The van der Waals surface area contributed by atoms with Gasteiger partial charge < -0.3 is 14.8 Å². The minimum atomic E-state index is -0.177. The Morgan fingerprint density at radius 1 is 1.21 bits per heavy atom. The second-order valence-electron chi connectivity index (χ2n) is 6.75. The van der Waals surface area contributed by atoms with E-state index in [9.17, 15) is 9.59 Å². The Bertz CT molecular complexity index is 1180. The van der Waals surface area contributed by atoms with Gasteiger partial charge >= 0.3 is 5.69 Å². The minimum absolute atomic E-state index is 0.131. The highest BCUT2D eigenvalue weighted by Crippen LogP contribution is 2.19. The number of carbonyl (C=O) groups is 1. The molecule has 7 heteroatoms. The molecular weight excluding hydrogens is 356 g/mol. The molecule has 0 spiro atoms. The van der Waals surface area contributed by atoms with Crippen molar-refractivity contribution in [1.82, 2.24) is 20.0 Å². The van der Waals surface area contributed by atoms with Crippen LogP contribution in [0.2, 0.25) is 0 Å². The van der Waals surface area contributed by atoms with Crippen molar-refractivity contribution >= 4 is 16.9 Å². The molecule has 142 valence electrons. The standard InChI is InChI=1S/C21H20N4O3/c1-13-12-22-21(27)25(13)16-9-7-15(8-10-16)14(2)23-20(26)11-18-17-5-3-4-6-19(17)28-24-18/h3-10,12,14H,11H2,1-2H3,(H,22,27)(H,23,26). The van der Waals surface area contributed by atoms with Crippen LogP contribution in [-0.4, -0.2) is 20.6 Å². The lowest BCUT2D eigenvalue weighted by molar-refractivity contribution is -0.121. The van der Waals surface area contributed by atoms with Gasteiger partial charge in [0.15, 0.2) is 5.58 Å². The number of hydrogen-bond donors (Lipinski definition) is 2. The normalized spacial score (nSPS) is 12.2. The maximum absolute atomic E-state index is 12.4. The lowest BCUT2D eigenvalue weighted by Crippen LogP contribution is -2.28. The third-order valence-electron chi connectivity index (χ3n) is 4.77. The first-order chi connectivity index (χ1) is 13.5. The monoisotopic (exact) mass is 376 g/mol. The van der Waals surface area contributed by atoms with Crippen LogP contribution in [0.3, 0.4) is 0 Å². The second kappa shape index (κ2) is 7.19. The Kier molecular flexibility index (Phi) is 4.57. The zero-order chi connectivity index (χ0) is 19.7. The average Bonchev–Trinajstić information content (AvgIpc) is 3.25. The van der Waals surface area contributed by atoms with Gasteiger partial charge in [-0.1, -0.05) is 29.4 Å². The van der Waals surface area contributed by atoms with Crippen molar-refractivity contribution < 1.29 is 9.32 Å². The highest BCUT2D eigenvalue weighted by atomic mass is 16.5. The summed E-state index contributed by atoms with van der Waals surface area (Å²) in [6.07, 6.45) is 1.82. The number of hydrogen-bond acceptors (Lipinski definition) is 4. The number of carbonyl (C=O) groups excluding carboxylic acids is 1. The molecule has 0 aliphatic heterocycles. The zero-order valence-corrected chi connectivity index (χ0v) is 15.6. The van der Waals surface area contributed by atoms with E-state index in [1.807, 2.05) is 62.4 Å². The summed E-state index contributed by atoms with van der Waals surface area (Å²) in [5, 5.41) is 7.83.